The molecule has 1 saturated heterocycles. The van der Waals surface area contributed by atoms with Gasteiger partial charge in [0.1, 0.15) is 5.75 Å². The van der Waals surface area contributed by atoms with Crippen LogP contribution in [-0.4, -0.2) is 50.7 Å². The number of carbonyl (C=O) groups is 1. The van der Waals surface area contributed by atoms with Crippen LogP contribution in [0.3, 0.4) is 0 Å². The molecular formula is C19H26F3N3O3. The molecular weight excluding hydrogens is 375 g/mol. The van der Waals surface area contributed by atoms with Crippen LogP contribution in [0.15, 0.2) is 23.2 Å². The van der Waals surface area contributed by atoms with E-state index in [1.807, 2.05) is 11.8 Å². The van der Waals surface area contributed by atoms with Gasteiger partial charge >= 0.3 is 12.1 Å². The molecule has 1 aromatic rings. The highest BCUT2D eigenvalue weighted by Gasteiger charge is 2.34. The minimum Gasteiger partial charge on any atom is -0.497 e. The van der Waals surface area contributed by atoms with Crippen LogP contribution in [0, 0.1) is 5.92 Å². The number of hydrogen-bond donors (Lipinski definition) is 1. The van der Waals surface area contributed by atoms with Crippen LogP contribution in [0.2, 0.25) is 0 Å². The van der Waals surface area contributed by atoms with Crippen molar-refractivity contribution in [2.45, 2.75) is 32.5 Å². The van der Waals surface area contributed by atoms with Crippen LogP contribution in [-0.2, 0) is 22.3 Å². The largest absolute Gasteiger partial charge is 0.497 e. The van der Waals surface area contributed by atoms with E-state index in [1.54, 1.807) is 0 Å². The molecule has 2 rings (SSSR count). The van der Waals surface area contributed by atoms with Crippen molar-refractivity contribution in [1.82, 2.24) is 10.2 Å². The van der Waals surface area contributed by atoms with Gasteiger partial charge in [0.15, 0.2) is 5.96 Å². The Morgan fingerprint density at radius 2 is 1.96 bits per heavy atom. The van der Waals surface area contributed by atoms with Crippen LogP contribution >= 0.6 is 0 Å². The Balaban J connectivity index is 2.16. The number of alkyl halides is 3. The number of nitrogens with one attached hydrogen (secondary N) is 1. The quantitative estimate of drug-likeness (QED) is 0.467. The van der Waals surface area contributed by atoms with Gasteiger partial charge in [0.2, 0.25) is 0 Å². The van der Waals surface area contributed by atoms with Crippen molar-refractivity contribution in [3.05, 3.63) is 29.3 Å². The van der Waals surface area contributed by atoms with Crippen molar-refractivity contribution in [3.63, 3.8) is 0 Å². The van der Waals surface area contributed by atoms with Gasteiger partial charge in [0.25, 0.3) is 0 Å². The second kappa shape index (κ2) is 9.66. The molecule has 1 fully saturated rings. The van der Waals surface area contributed by atoms with Gasteiger partial charge in [-0.1, -0.05) is 6.07 Å². The molecule has 0 radical (unpaired) electrons. The number of ether oxygens (including phenoxy) is 2. The lowest BCUT2D eigenvalue weighted by molar-refractivity contribution is -0.146. The summed E-state index contributed by atoms with van der Waals surface area (Å²) in [5.41, 5.74) is -0.677. The van der Waals surface area contributed by atoms with Crippen LogP contribution in [0.5, 0.6) is 5.75 Å². The monoisotopic (exact) mass is 401 g/mol. The zero-order chi connectivity index (χ0) is 20.7. The van der Waals surface area contributed by atoms with Crippen molar-refractivity contribution < 1.29 is 27.4 Å². The summed E-state index contributed by atoms with van der Waals surface area (Å²) in [7, 11) is 2.70. The Labute approximate surface area is 162 Å². The van der Waals surface area contributed by atoms with Crippen LogP contribution in [0.1, 0.15) is 30.9 Å². The van der Waals surface area contributed by atoms with E-state index in [1.165, 1.54) is 26.4 Å². The first-order valence-electron chi connectivity index (χ1n) is 9.15. The maximum atomic E-state index is 13.4. The molecule has 156 valence electrons. The predicted molar refractivity (Wildman–Crippen MR) is 99.1 cm³/mol. The second-order valence-electron chi connectivity index (χ2n) is 6.48. The molecule has 0 atom stereocenters. The number of methoxy groups -OCH3 is 2. The number of piperidine rings is 1. The molecule has 0 amide bonds. The summed E-state index contributed by atoms with van der Waals surface area (Å²) in [5.74, 6) is 0.309. The fraction of sp³-hybridized carbons (Fsp3) is 0.579. The van der Waals surface area contributed by atoms with Crippen LogP contribution < -0.4 is 10.1 Å². The Kier molecular flexibility index (Phi) is 7.53. The Morgan fingerprint density at radius 1 is 1.29 bits per heavy atom. The smallest absolute Gasteiger partial charge is 0.416 e. The van der Waals surface area contributed by atoms with Gasteiger partial charge in [-0.3, -0.25) is 4.79 Å². The highest BCUT2D eigenvalue weighted by atomic mass is 19.4. The number of carbonyl (C=O) groups excluding carboxylic acids is 1. The number of halogens is 3. The molecule has 1 heterocycles. The Morgan fingerprint density at radius 3 is 2.50 bits per heavy atom. The van der Waals surface area contributed by atoms with Crippen molar-refractivity contribution in [3.8, 4) is 5.75 Å². The van der Waals surface area contributed by atoms with Crippen molar-refractivity contribution in [2.24, 2.45) is 10.9 Å². The zero-order valence-electron chi connectivity index (χ0n) is 16.3. The molecule has 0 spiro atoms. The minimum absolute atomic E-state index is 0.0770. The van der Waals surface area contributed by atoms with E-state index in [0.29, 0.717) is 38.4 Å². The normalized spacial score (nSPS) is 16.1. The number of rotatable bonds is 5. The summed E-state index contributed by atoms with van der Waals surface area (Å²) >= 11 is 0. The third kappa shape index (κ3) is 5.53. The van der Waals surface area contributed by atoms with E-state index in [4.69, 9.17) is 9.47 Å². The van der Waals surface area contributed by atoms with E-state index < -0.39 is 11.7 Å². The zero-order valence-corrected chi connectivity index (χ0v) is 16.3. The van der Waals surface area contributed by atoms with E-state index in [-0.39, 0.29) is 29.7 Å². The fourth-order valence-electron chi connectivity index (χ4n) is 3.16. The van der Waals surface area contributed by atoms with Crippen molar-refractivity contribution >= 4 is 11.9 Å². The van der Waals surface area contributed by atoms with E-state index in [9.17, 15) is 18.0 Å². The van der Waals surface area contributed by atoms with E-state index >= 15 is 0 Å². The average Bonchev–Trinajstić information content (AvgIpc) is 2.69. The molecule has 0 unspecified atom stereocenters. The first-order chi connectivity index (χ1) is 13.3. The topological polar surface area (TPSA) is 63.2 Å². The third-order valence-corrected chi connectivity index (χ3v) is 4.69. The molecule has 28 heavy (non-hydrogen) atoms. The summed E-state index contributed by atoms with van der Waals surface area (Å²) < 4.78 is 49.8. The third-order valence-electron chi connectivity index (χ3n) is 4.69. The number of benzene rings is 1. The molecule has 6 nitrogen and oxygen atoms in total. The molecule has 0 bridgehead atoms. The molecule has 0 saturated carbocycles. The van der Waals surface area contributed by atoms with Crippen LogP contribution in [0.25, 0.3) is 0 Å². The van der Waals surface area contributed by atoms with Gasteiger partial charge in [-0.2, -0.15) is 13.2 Å². The van der Waals surface area contributed by atoms with Crippen molar-refractivity contribution in [2.75, 3.05) is 33.9 Å². The average molecular weight is 401 g/mol. The van der Waals surface area contributed by atoms with Gasteiger partial charge in [0, 0.05) is 19.6 Å². The molecule has 1 aliphatic heterocycles. The SMILES string of the molecule is CCNC(=NCc1ccc(OC)cc1C(F)(F)F)N1CCC(C(=O)OC)CC1. The molecule has 1 aromatic carbocycles. The summed E-state index contributed by atoms with van der Waals surface area (Å²) in [6.45, 7) is 3.54. The van der Waals surface area contributed by atoms with Gasteiger partial charge in [-0.25, -0.2) is 4.99 Å². The first-order valence-corrected chi connectivity index (χ1v) is 9.15. The summed E-state index contributed by atoms with van der Waals surface area (Å²) in [4.78, 5) is 18.0. The number of likely N-dealkylation sites (tertiary alicyclic amines) is 1. The predicted octanol–water partition coefficient (Wildman–Crippen LogP) is 3.06. The Hall–Kier alpha value is -2.45. The maximum absolute atomic E-state index is 13.4. The number of nitrogens with zero attached hydrogens (tertiary/aromatic N) is 2. The molecule has 0 aliphatic carbocycles. The lowest BCUT2D eigenvalue weighted by Crippen LogP contribution is -2.46. The standard InChI is InChI=1S/C19H26F3N3O3/c1-4-23-18(25-9-7-13(8-10-25)17(26)28-3)24-12-14-5-6-15(27-2)11-16(14)19(20,21)22/h5-6,11,13H,4,7-10,12H2,1-3H3,(H,23,24). The molecule has 9 heteroatoms. The van der Waals surface area contributed by atoms with E-state index in [0.717, 1.165) is 6.07 Å². The Bertz CT molecular complexity index is 699. The number of hydrogen-bond acceptors (Lipinski definition) is 4. The number of aliphatic imine (C=N–C) groups is 1. The minimum atomic E-state index is -4.49. The lowest BCUT2D eigenvalue weighted by atomic mass is 9.97. The van der Waals surface area contributed by atoms with Gasteiger partial charge in [0.05, 0.1) is 32.2 Å². The van der Waals surface area contributed by atoms with Gasteiger partial charge in [-0.05, 0) is 37.5 Å². The summed E-state index contributed by atoms with van der Waals surface area (Å²) in [5, 5.41) is 3.12. The van der Waals surface area contributed by atoms with Crippen LogP contribution in [0.4, 0.5) is 13.2 Å². The maximum Gasteiger partial charge on any atom is 0.416 e. The fourth-order valence-corrected chi connectivity index (χ4v) is 3.16. The summed E-state index contributed by atoms with van der Waals surface area (Å²) in [6, 6.07) is 3.87. The number of guanidine groups is 1. The van der Waals surface area contributed by atoms with E-state index in [2.05, 4.69) is 10.3 Å². The lowest BCUT2D eigenvalue weighted by Gasteiger charge is -2.33. The first kappa shape index (κ1) is 21.8. The highest BCUT2D eigenvalue weighted by molar-refractivity contribution is 5.80. The molecule has 1 aliphatic rings. The second-order valence-corrected chi connectivity index (χ2v) is 6.48. The highest BCUT2D eigenvalue weighted by Crippen LogP contribution is 2.34. The summed E-state index contributed by atoms with van der Waals surface area (Å²) in [6.07, 6.45) is -3.25. The van der Waals surface area contributed by atoms with Gasteiger partial charge in [-0.15, -0.1) is 0 Å². The molecule has 0 aromatic heterocycles. The van der Waals surface area contributed by atoms with Gasteiger partial charge < -0.3 is 19.7 Å². The number of esters is 1. The molecule has 1 N–H and O–H groups in total. The van der Waals surface area contributed by atoms with Crippen molar-refractivity contribution in [1.29, 1.82) is 0 Å².